The molecule has 0 aromatic rings. The minimum Gasteiger partial charge on any atom is -0.480 e. The Morgan fingerprint density at radius 3 is 2.53 bits per heavy atom. The summed E-state index contributed by atoms with van der Waals surface area (Å²) in [5.74, 6) is 0.0974. The first-order valence-electron chi connectivity index (χ1n) is 6.53. The molecule has 1 aliphatic rings. The van der Waals surface area contributed by atoms with Gasteiger partial charge in [0.2, 0.25) is 0 Å². The maximum atomic E-state index is 11.3. The Labute approximate surface area is 104 Å². The highest BCUT2D eigenvalue weighted by molar-refractivity contribution is 5.78. The molecule has 17 heavy (non-hydrogen) atoms. The van der Waals surface area contributed by atoms with Gasteiger partial charge in [0.25, 0.3) is 0 Å². The Balaban J connectivity index is 2.39. The summed E-state index contributed by atoms with van der Waals surface area (Å²) in [6.07, 6.45) is 3.32. The molecule has 1 aliphatic carbocycles. The fourth-order valence-electron chi connectivity index (χ4n) is 2.12. The SMILES string of the molecule is CC(C)NC(C)(CCN(C)CC1CC1)C(=O)O. The van der Waals surface area contributed by atoms with Crippen molar-refractivity contribution in [1.82, 2.24) is 10.2 Å². The van der Waals surface area contributed by atoms with E-state index in [2.05, 4.69) is 17.3 Å². The molecule has 0 heterocycles. The van der Waals surface area contributed by atoms with Gasteiger partial charge in [-0.1, -0.05) is 0 Å². The number of carboxylic acid groups (broad SMARTS) is 1. The number of hydrogen-bond acceptors (Lipinski definition) is 3. The van der Waals surface area contributed by atoms with Gasteiger partial charge >= 0.3 is 5.97 Å². The summed E-state index contributed by atoms with van der Waals surface area (Å²) in [5, 5.41) is 12.5. The standard InChI is InChI=1S/C13H26N2O2/c1-10(2)14-13(3,12(16)17)7-8-15(4)9-11-5-6-11/h10-11,14H,5-9H2,1-4H3,(H,16,17). The van der Waals surface area contributed by atoms with Crippen LogP contribution in [0, 0.1) is 5.92 Å². The van der Waals surface area contributed by atoms with Crippen LogP contribution in [0.5, 0.6) is 0 Å². The van der Waals surface area contributed by atoms with Gasteiger partial charge in [0.15, 0.2) is 0 Å². The van der Waals surface area contributed by atoms with Crippen LogP contribution in [0.3, 0.4) is 0 Å². The van der Waals surface area contributed by atoms with Gasteiger partial charge in [-0.3, -0.25) is 10.1 Å². The molecule has 1 fully saturated rings. The second-order valence-electron chi connectivity index (χ2n) is 5.89. The largest absolute Gasteiger partial charge is 0.480 e. The lowest BCUT2D eigenvalue weighted by Crippen LogP contribution is -2.53. The van der Waals surface area contributed by atoms with Crippen molar-refractivity contribution in [2.75, 3.05) is 20.1 Å². The van der Waals surface area contributed by atoms with E-state index >= 15 is 0 Å². The molecule has 0 bridgehead atoms. The van der Waals surface area contributed by atoms with Crippen LogP contribution in [0.4, 0.5) is 0 Å². The van der Waals surface area contributed by atoms with Crippen molar-refractivity contribution in [2.24, 2.45) is 5.92 Å². The van der Waals surface area contributed by atoms with Crippen LogP contribution in [0.25, 0.3) is 0 Å². The predicted octanol–water partition coefficient (Wildman–Crippen LogP) is 1.56. The number of nitrogens with one attached hydrogen (secondary N) is 1. The molecule has 0 aliphatic heterocycles. The Kier molecular flexibility index (Phi) is 4.95. The van der Waals surface area contributed by atoms with E-state index in [0.717, 1.165) is 19.0 Å². The number of carbonyl (C=O) groups is 1. The van der Waals surface area contributed by atoms with E-state index < -0.39 is 11.5 Å². The van der Waals surface area contributed by atoms with Gasteiger partial charge in [-0.15, -0.1) is 0 Å². The zero-order chi connectivity index (χ0) is 13.1. The van der Waals surface area contributed by atoms with Gasteiger partial charge in [0.1, 0.15) is 5.54 Å². The zero-order valence-electron chi connectivity index (χ0n) is 11.5. The van der Waals surface area contributed by atoms with Gasteiger partial charge in [0.05, 0.1) is 0 Å². The highest BCUT2D eigenvalue weighted by Gasteiger charge is 2.33. The maximum absolute atomic E-state index is 11.3. The molecule has 1 saturated carbocycles. The first-order chi connectivity index (χ1) is 7.83. The number of rotatable bonds is 8. The molecular formula is C13H26N2O2. The van der Waals surface area contributed by atoms with Crippen molar-refractivity contribution < 1.29 is 9.90 Å². The zero-order valence-corrected chi connectivity index (χ0v) is 11.5. The summed E-state index contributed by atoms with van der Waals surface area (Å²) in [4.78, 5) is 13.6. The normalized spacial score (nSPS) is 19.6. The monoisotopic (exact) mass is 242 g/mol. The molecule has 2 N–H and O–H groups in total. The number of hydrogen-bond donors (Lipinski definition) is 2. The van der Waals surface area contributed by atoms with Crippen LogP contribution in [0.1, 0.15) is 40.0 Å². The third-order valence-electron chi connectivity index (χ3n) is 3.34. The summed E-state index contributed by atoms with van der Waals surface area (Å²) in [5.41, 5.74) is -0.814. The van der Waals surface area contributed by atoms with E-state index in [9.17, 15) is 9.90 Å². The molecule has 1 rings (SSSR count). The first-order valence-corrected chi connectivity index (χ1v) is 6.53. The molecule has 0 aromatic carbocycles. The number of aliphatic carboxylic acids is 1. The summed E-state index contributed by atoms with van der Waals surface area (Å²) in [7, 11) is 2.08. The fraction of sp³-hybridized carbons (Fsp3) is 0.923. The summed E-state index contributed by atoms with van der Waals surface area (Å²) in [6, 6.07) is 0.185. The third-order valence-corrected chi connectivity index (χ3v) is 3.34. The Morgan fingerprint density at radius 2 is 2.12 bits per heavy atom. The molecule has 4 heteroatoms. The van der Waals surface area contributed by atoms with Crippen molar-refractivity contribution >= 4 is 5.97 Å². The Morgan fingerprint density at radius 1 is 1.53 bits per heavy atom. The van der Waals surface area contributed by atoms with Crippen molar-refractivity contribution in [3.63, 3.8) is 0 Å². The lowest BCUT2D eigenvalue weighted by molar-refractivity contribution is -0.144. The van der Waals surface area contributed by atoms with Crippen LogP contribution >= 0.6 is 0 Å². The minimum atomic E-state index is -0.814. The van der Waals surface area contributed by atoms with Gasteiger partial charge in [-0.2, -0.15) is 0 Å². The highest BCUT2D eigenvalue weighted by Crippen LogP contribution is 2.29. The summed E-state index contributed by atoms with van der Waals surface area (Å²) in [6.45, 7) is 7.68. The quantitative estimate of drug-likeness (QED) is 0.678. The average molecular weight is 242 g/mol. The van der Waals surface area contributed by atoms with E-state index in [1.807, 2.05) is 13.8 Å². The molecule has 0 spiro atoms. The predicted molar refractivity (Wildman–Crippen MR) is 69.2 cm³/mol. The van der Waals surface area contributed by atoms with Gasteiger partial charge in [-0.05, 0) is 53.0 Å². The van der Waals surface area contributed by atoms with Gasteiger partial charge in [0, 0.05) is 19.1 Å². The van der Waals surface area contributed by atoms with E-state index in [1.54, 1.807) is 6.92 Å². The topological polar surface area (TPSA) is 52.6 Å². The van der Waals surface area contributed by atoms with E-state index in [1.165, 1.54) is 12.8 Å². The minimum absolute atomic E-state index is 0.185. The lowest BCUT2D eigenvalue weighted by atomic mass is 9.96. The second kappa shape index (κ2) is 5.83. The Hall–Kier alpha value is -0.610. The molecule has 0 saturated heterocycles. The van der Waals surface area contributed by atoms with Crippen molar-refractivity contribution in [1.29, 1.82) is 0 Å². The molecule has 1 unspecified atom stereocenters. The second-order valence-corrected chi connectivity index (χ2v) is 5.89. The smallest absolute Gasteiger partial charge is 0.323 e. The first kappa shape index (κ1) is 14.5. The van der Waals surface area contributed by atoms with Crippen LogP contribution in [-0.4, -0.2) is 47.7 Å². The molecule has 0 radical (unpaired) electrons. The molecule has 4 nitrogen and oxygen atoms in total. The van der Waals surface area contributed by atoms with Crippen LogP contribution in [0.2, 0.25) is 0 Å². The van der Waals surface area contributed by atoms with Crippen molar-refractivity contribution in [2.45, 2.75) is 51.6 Å². The van der Waals surface area contributed by atoms with Crippen LogP contribution in [-0.2, 0) is 4.79 Å². The summed E-state index contributed by atoms with van der Waals surface area (Å²) < 4.78 is 0. The van der Waals surface area contributed by atoms with E-state index in [0.29, 0.717) is 6.42 Å². The summed E-state index contributed by atoms with van der Waals surface area (Å²) >= 11 is 0. The maximum Gasteiger partial charge on any atom is 0.323 e. The molecular weight excluding hydrogens is 216 g/mol. The number of nitrogens with zero attached hydrogens (tertiary/aromatic N) is 1. The van der Waals surface area contributed by atoms with Crippen LogP contribution < -0.4 is 5.32 Å². The van der Waals surface area contributed by atoms with Crippen molar-refractivity contribution in [3.8, 4) is 0 Å². The van der Waals surface area contributed by atoms with Crippen LogP contribution in [0.15, 0.2) is 0 Å². The third kappa shape index (κ3) is 5.04. The van der Waals surface area contributed by atoms with E-state index in [4.69, 9.17) is 0 Å². The van der Waals surface area contributed by atoms with Crippen molar-refractivity contribution in [3.05, 3.63) is 0 Å². The molecule has 0 aromatic heterocycles. The lowest BCUT2D eigenvalue weighted by Gasteiger charge is -2.30. The highest BCUT2D eigenvalue weighted by atomic mass is 16.4. The number of carboxylic acids is 1. The van der Waals surface area contributed by atoms with Gasteiger partial charge in [-0.25, -0.2) is 0 Å². The molecule has 100 valence electrons. The molecule has 0 amide bonds. The average Bonchev–Trinajstić information content (AvgIpc) is 2.97. The Bertz CT molecular complexity index is 264. The fourth-order valence-corrected chi connectivity index (χ4v) is 2.12. The van der Waals surface area contributed by atoms with Gasteiger partial charge < -0.3 is 10.0 Å². The van der Waals surface area contributed by atoms with E-state index in [-0.39, 0.29) is 6.04 Å². The molecule has 1 atom stereocenters.